The molecule has 1 heterocycles. The van der Waals surface area contributed by atoms with Crippen LogP contribution >= 0.6 is 11.8 Å². The van der Waals surface area contributed by atoms with Crippen molar-refractivity contribution in [2.24, 2.45) is 5.73 Å². The summed E-state index contributed by atoms with van der Waals surface area (Å²) in [7, 11) is 0. The summed E-state index contributed by atoms with van der Waals surface area (Å²) in [5.41, 5.74) is 5.86. The van der Waals surface area contributed by atoms with Gasteiger partial charge in [0, 0.05) is 22.9 Å². The highest BCUT2D eigenvalue weighted by molar-refractivity contribution is 7.98. The van der Waals surface area contributed by atoms with Crippen LogP contribution in [-0.2, 0) is 5.75 Å². The highest BCUT2D eigenvalue weighted by atomic mass is 32.2. The molecule has 8 nitrogen and oxygen atoms in total. The van der Waals surface area contributed by atoms with Crippen molar-refractivity contribution in [1.82, 2.24) is 9.55 Å². The molecule has 0 radical (unpaired) electrons. The number of hydrogen-bond acceptors (Lipinski definition) is 6. The first kappa shape index (κ1) is 21.2. The van der Waals surface area contributed by atoms with Crippen molar-refractivity contribution in [2.45, 2.75) is 10.9 Å². The number of nitrogens with zero attached hydrogens (tertiary/aromatic N) is 3. The fourth-order valence-corrected chi connectivity index (χ4v) is 4.19. The van der Waals surface area contributed by atoms with E-state index in [1.807, 2.05) is 0 Å². The maximum absolute atomic E-state index is 13.4. The molecular weight excluding hydrogens is 435 g/mol. The fraction of sp³-hybridized carbons (Fsp3) is 0.0455. The van der Waals surface area contributed by atoms with E-state index < -0.39 is 16.6 Å². The van der Waals surface area contributed by atoms with Crippen LogP contribution in [0.4, 0.5) is 10.1 Å². The first-order valence-corrected chi connectivity index (χ1v) is 10.3. The first-order chi connectivity index (χ1) is 15.3. The SMILES string of the molecule is NC(=O)c1ccc(CSc2nc3ccccc3c(=O)n2-c2ccc(F)cc2)c([N+](=O)[O-])c1. The molecule has 4 rings (SSSR count). The van der Waals surface area contributed by atoms with Gasteiger partial charge >= 0.3 is 0 Å². The summed E-state index contributed by atoms with van der Waals surface area (Å²) in [5, 5.41) is 12.2. The normalized spacial score (nSPS) is 10.9. The van der Waals surface area contributed by atoms with E-state index in [2.05, 4.69) is 4.98 Å². The number of thioether (sulfide) groups is 1. The Hall–Kier alpha value is -4.05. The van der Waals surface area contributed by atoms with Gasteiger partial charge in [-0.15, -0.1) is 0 Å². The number of hydrogen-bond donors (Lipinski definition) is 1. The van der Waals surface area contributed by atoms with Crippen LogP contribution in [0.2, 0.25) is 0 Å². The number of nitro groups is 1. The summed E-state index contributed by atoms with van der Waals surface area (Å²) in [4.78, 5) is 40.0. The lowest BCUT2D eigenvalue weighted by Gasteiger charge is -2.13. The second kappa shape index (κ2) is 8.60. The molecular formula is C22H15FN4O4S. The summed E-state index contributed by atoms with van der Waals surface area (Å²) in [6.07, 6.45) is 0. The molecule has 0 aliphatic heterocycles. The molecule has 0 saturated carbocycles. The van der Waals surface area contributed by atoms with Crippen molar-refractivity contribution in [2.75, 3.05) is 0 Å². The molecule has 0 spiro atoms. The highest BCUT2D eigenvalue weighted by Gasteiger charge is 2.19. The second-order valence-corrected chi connectivity index (χ2v) is 7.72. The van der Waals surface area contributed by atoms with Crippen LogP contribution in [0.25, 0.3) is 16.6 Å². The third-order valence-corrected chi connectivity index (χ3v) is 5.74. The molecule has 32 heavy (non-hydrogen) atoms. The van der Waals surface area contributed by atoms with Crippen LogP contribution in [0.5, 0.6) is 0 Å². The number of carbonyl (C=O) groups is 1. The smallest absolute Gasteiger partial charge is 0.274 e. The maximum Gasteiger partial charge on any atom is 0.274 e. The van der Waals surface area contributed by atoms with Gasteiger partial charge < -0.3 is 5.73 Å². The van der Waals surface area contributed by atoms with Gasteiger partial charge in [-0.1, -0.05) is 30.0 Å². The Kier molecular flexibility index (Phi) is 5.69. The van der Waals surface area contributed by atoms with Crippen molar-refractivity contribution in [3.63, 3.8) is 0 Å². The summed E-state index contributed by atoms with van der Waals surface area (Å²) >= 11 is 1.11. The van der Waals surface area contributed by atoms with Gasteiger partial charge in [0.15, 0.2) is 5.16 Å². The van der Waals surface area contributed by atoms with Gasteiger partial charge in [-0.3, -0.25) is 24.3 Å². The number of para-hydroxylation sites is 1. The second-order valence-electron chi connectivity index (χ2n) is 6.78. The van der Waals surface area contributed by atoms with Crippen LogP contribution in [-0.4, -0.2) is 20.4 Å². The summed E-state index contributed by atoms with van der Waals surface area (Å²) < 4.78 is 14.8. The van der Waals surface area contributed by atoms with Crippen LogP contribution in [0.3, 0.4) is 0 Å². The Bertz CT molecular complexity index is 1420. The van der Waals surface area contributed by atoms with Crippen LogP contribution < -0.4 is 11.3 Å². The van der Waals surface area contributed by atoms with Gasteiger partial charge in [0.1, 0.15) is 5.82 Å². The standard InChI is InChI=1S/C22H15FN4O4S/c23-15-7-9-16(10-8-15)26-21(29)17-3-1-2-4-18(17)25-22(26)32-12-14-6-5-13(20(24)28)11-19(14)27(30)31/h1-11H,12H2,(H2,24,28). The molecule has 160 valence electrons. The number of aromatic nitrogens is 2. The molecule has 0 aliphatic rings. The van der Waals surface area contributed by atoms with Crippen molar-refractivity contribution in [1.29, 1.82) is 0 Å². The number of primary amides is 1. The van der Waals surface area contributed by atoms with E-state index in [1.54, 1.807) is 24.3 Å². The van der Waals surface area contributed by atoms with E-state index in [9.17, 15) is 24.1 Å². The van der Waals surface area contributed by atoms with E-state index in [4.69, 9.17) is 5.73 Å². The molecule has 1 amide bonds. The number of halogens is 1. The van der Waals surface area contributed by atoms with Gasteiger partial charge in [0.2, 0.25) is 5.91 Å². The number of carbonyl (C=O) groups excluding carboxylic acids is 1. The van der Waals surface area contributed by atoms with E-state index in [0.717, 1.165) is 17.8 Å². The topological polar surface area (TPSA) is 121 Å². The largest absolute Gasteiger partial charge is 0.366 e. The molecule has 0 atom stereocenters. The average molecular weight is 450 g/mol. The van der Waals surface area contributed by atoms with Crippen molar-refractivity contribution in [3.05, 3.63) is 104 Å². The number of rotatable bonds is 6. The maximum atomic E-state index is 13.4. The molecule has 1 aromatic heterocycles. The minimum atomic E-state index is -0.770. The third-order valence-electron chi connectivity index (χ3n) is 4.75. The highest BCUT2D eigenvalue weighted by Crippen LogP contribution is 2.29. The van der Waals surface area contributed by atoms with Gasteiger partial charge in [-0.25, -0.2) is 9.37 Å². The minimum absolute atomic E-state index is 0.0255. The molecule has 3 aromatic carbocycles. The summed E-state index contributed by atoms with van der Waals surface area (Å²) in [6, 6.07) is 16.2. The Labute approximate surface area is 184 Å². The lowest BCUT2D eigenvalue weighted by Crippen LogP contribution is -2.21. The minimum Gasteiger partial charge on any atom is -0.366 e. The van der Waals surface area contributed by atoms with Crippen molar-refractivity contribution in [3.8, 4) is 5.69 Å². The van der Waals surface area contributed by atoms with Gasteiger partial charge in [-0.05, 0) is 42.5 Å². The monoisotopic (exact) mass is 450 g/mol. The zero-order chi connectivity index (χ0) is 22.8. The third kappa shape index (κ3) is 4.08. The lowest BCUT2D eigenvalue weighted by molar-refractivity contribution is -0.385. The fourth-order valence-electron chi connectivity index (χ4n) is 3.18. The summed E-state index contributed by atoms with van der Waals surface area (Å²) in [6.45, 7) is 0. The molecule has 0 bridgehead atoms. The molecule has 0 fully saturated rings. The van der Waals surface area contributed by atoms with Crippen LogP contribution in [0.15, 0.2) is 76.7 Å². The number of nitro benzene ring substituents is 1. The van der Waals surface area contributed by atoms with E-state index >= 15 is 0 Å². The zero-order valence-corrected chi connectivity index (χ0v) is 17.2. The molecule has 0 unspecified atom stereocenters. The quantitative estimate of drug-likeness (QED) is 0.206. The Morgan fingerprint density at radius 1 is 1.12 bits per heavy atom. The number of benzene rings is 3. The van der Waals surface area contributed by atoms with Gasteiger partial charge in [0.25, 0.3) is 11.2 Å². The predicted octanol–water partition coefficient (Wildman–Crippen LogP) is 3.82. The molecule has 10 heteroatoms. The number of fused-ring (bicyclic) bond motifs is 1. The van der Waals surface area contributed by atoms with Crippen molar-refractivity contribution < 1.29 is 14.1 Å². The average Bonchev–Trinajstić information content (AvgIpc) is 2.78. The molecule has 2 N–H and O–H groups in total. The number of nitrogens with two attached hydrogens (primary N) is 1. The van der Waals surface area contributed by atoms with E-state index in [0.29, 0.717) is 22.2 Å². The van der Waals surface area contributed by atoms with Gasteiger partial charge in [-0.2, -0.15) is 0 Å². The summed E-state index contributed by atoms with van der Waals surface area (Å²) in [5.74, 6) is -1.12. The first-order valence-electron chi connectivity index (χ1n) is 9.33. The Morgan fingerprint density at radius 2 is 1.84 bits per heavy atom. The Morgan fingerprint density at radius 3 is 2.53 bits per heavy atom. The van der Waals surface area contributed by atoms with Crippen LogP contribution in [0.1, 0.15) is 15.9 Å². The van der Waals surface area contributed by atoms with Crippen LogP contribution in [0, 0.1) is 15.9 Å². The number of amides is 1. The van der Waals surface area contributed by atoms with Gasteiger partial charge in [0.05, 0.1) is 21.5 Å². The molecule has 4 aromatic rings. The molecule has 0 aliphatic carbocycles. The predicted molar refractivity (Wildman–Crippen MR) is 118 cm³/mol. The van der Waals surface area contributed by atoms with E-state index in [1.165, 1.54) is 41.0 Å². The zero-order valence-electron chi connectivity index (χ0n) is 16.4. The lowest BCUT2D eigenvalue weighted by atomic mass is 10.1. The van der Waals surface area contributed by atoms with Crippen molar-refractivity contribution >= 4 is 34.3 Å². The Balaban J connectivity index is 1.80. The van der Waals surface area contributed by atoms with E-state index in [-0.39, 0.29) is 27.7 Å². The molecule has 0 saturated heterocycles.